The minimum Gasteiger partial charge on any atom is -0.497 e. The molecule has 38 heavy (non-hydrogen) atoms. The van der Waals surface area contributed by atoms with E-state index in [9.17, 15) is 14.7 Å². The third kappa shape index (κ3) is 7.39. The highest BCUT2D eigenvalue weighted by Crippen LogP contribution is 2.27. The minimum atomic E-state index is -0.452. The third-order valence-corrected chi connectivity index (χ3v) is 6.41. The number of pyridine rings is 1. The van der Waals surface area contributed by atoms with Gasteiger partial charge in [0.05, 0.1) is 26.3 Å². The molecule has 0 spiro atoms. The average Bonchev–Trinajstić information content (AvgIpc) is 2.90. The first-order chi connectivity index (χ1) is 18.1. The lowest BCUT2D eigenvalue weighted by molar-refractivity contribution is 0.0356. The van der Waals surface area contributed by atoms with Crippen LogP contribution in [0.25, 0.3) is 0 Å². The molecule has 0 aliphatic carbocycles. The highest BCUT2D eigenvalue weighted by Gasteiger charge is 2.34. The molecule has 204 valence electrons. The van der Waals surface area contributed by atoms with Crippen molar-refractivity contribution in [3.8, 4) is 23.5 Å². The van der Waals surface area contributed by atoms with E-state index < -0.39 is 12.1 Å². The van der Waals surface area contributed by atoms with Gasteiger partial charge in [0.1, 0.15) is 17.4 Å². The number of likely N-dealkylation sites (N-methyl/N-ethyl adjacent to an activating group) is 1. The molecule has 1 aromatic heterocycles. The van der Waals surface area contributed by atoms with Gasteiger partial charge >= 0.3 is 6.03 Å². The Morgan fingerprint density at radius 2 is 2.03 bits per heavy atom. The van der Waals surface area contributed by atoms with Crippen molar-refractivity contribution in [3.05, 3.63) is 47.7 Å². The quantitative estimate of drug-likeness (QED) is 0.535. The lowest BCUT2D eigenvalue weighted by Gasteiger charge is -2.37. The van der Waals surface area contributed by atoms with Crippen LogP contribution in [0.1, 0.15) is 50.0 Å². The number of fused-ring (bicyclic) bond motifs is 1. The van der Waals surface area contributed by atoms with Crippen LogP contribution in [0.2, 0.25) is 0 Å². The lowest BCUT2D eigenvalue weighted by atomic mass is 10.00. The summed E-state index contributed by atoms with van der Waals surface area (Å²) in [5.41, 5.74) is 1.56. The number of benzene rings is 1. The van der Waals surface area contributed by atoms with Gasteiger partial charge in [0.25, 0.3) is 5.91 Å². The van der Waals surface area contributed by atoms with Crippen LogP contribution in [0.15, 0.2) is 36.5 Å². The Hall–Kier alpha value is -3.77. The van der Waals surface area contributed by atoms with Gasteiger partial charge in [0, 0.05) is 43.4 Å². The van der Waals surface area contributed by atoms with Gasteiger partial charge in [0.15, 0.2) is 0 Å². The number of aliphatic hydroxyl groups excluding tert-OH is 1. The van der Waals surface area contributed by atoms with Crippen molar-refractivity contribution < 1.29 is 24.2 Å². The van der Waals surface area contributed by atoms with Crippen LogP contribution >= 0.6 is 0 Å². The fourth-order valence-electron chi connectivity index (χ4n) is 3.99. The number of amides is 3. The van der Waals surface area contributed by atoms with Crippen molar-refractivity contribution in [1.29, 1.82) is 0 Å². The molecule has 2 heterocycles. The zero-order valence-electron chi connectivity index (χ0n) is 23.0. The Balaban J connectivity index is 1.84. The van der Waals surface area contributed by atoms with Crippen LogP contribution < -0.4 is 14.8 Å². The molecule has 2 N–H and O–H groups in total. The van der Waals surface area contributed by atoms with E-state index >= 15 is 0 Å². The fraction of sp³-hybridized carbons (Fsp3) is 0.483. The Morgan fingerprint density at radius 1 is 1.32 bits per heavy atom. The van der Waals surface area contributed by atoms with Gasteiger partial charge in [-0.15, -0.1) is 0 Å². The van der Waals surface area contributed by atoms with Crippen LogP contribution in [0, 0.1) is 23.7 Å². The van der Waals surface area contributed by atoms with E-state index in [0.717, 1.165) is 6.42 Å². The fourth-order valence-corrected chi connectivity index (χ4v) is 3.99. The second kappa shape index (κ2) is 13.2. The standard InChI is InChI=1S/C29H38N4O5/c1-19(2)8-7-9-22-14-25-27(30-15-22)38-26(20(3)16-33(28(25)35)21(4)18-34)17-32(5)29(36)31-23-10-12-24(37-6)13-11-23/h10-15,19-21,26,34H,8,16-18H2,1-6H3,(H,31,36)/t20-,21-,26-/m0/s1. The normalized spacial score (nSPS) is 17.8. The summed E-state index contributed by atoms with van der Waals surface area (Å²) in [4.78, 5) is 34.1. The second-order valence-corrected chi connectivity index (χ2v) is 10.1. The molecule has 1 aromatic carbocycles. The molecule has 1 aliphatic rings. The van der Waals surface area contributed by atoms with Crippen molar-refractivity contribution in [2.24, 2.45) is 11.8 Å². The van der Waals surface area contributed by atoms with Crippen LogP contribution in [-0.2, 0) is 0 Å². The van der Waals surface area contributed by atoms with Crippen molar-refractivity contribution >= 4 is 17.6 Å². The number of anilines is 1. The molecule has 3 rings (SSSR count). The summed E-state index contributed by atoms with van der Waals surface area (Å²) in [5, 5.41) is 12.7. The predicted octanol–water partition coefficient (Wildman–Crippen LogP) is 3.87. The number of rotatable bonds is 7. The van der Waals surface area contributed by atoms with E-state index in [0.29, 0.717) is 35.0 Å². The van der Waals surface area contributed by atoms with Crippen molar-refractivity contribution in [2.45, 2.75) is 46.3 Å². The molecule has 2 aromatic rings. The Morgan fingerprint density at radius 3 is 2.66 bits per heavy atom. The van der Waals surface area contributed by atoms with E-state index in [2.05, 4.69) is 36.0 Å². The predicted molar refractivity (Wildman–Crippen MR) is 146 cm³/mol. The number of aromatic nitrogens is 1. The van der Waals surface area contributed by atoms with Crippen molar-refractivity contribution in [1.82, 2.24) is 14.8 Å². The number of urea groups is 1. The maximum atomic E-state index is 13.5. The number of hydrogen-bond acceptors (Lipinski definition) is 6. The number of carbonyl (C=O) groups is 2. The van der Waals surface area contributed by atoms with Crippen molar-refractivity contribution in [3.63, 3.8) is 0 Å². The summed E-state index contributed by atoms with van der Waals surface area (Å²) >= 11 is 0. The molecule has 3 amide bonds. The molecular formula is C29H38N4O5. The Kier molecular flexibility index (Phi) is 9.97. The van der Waals surface area contributed by atoms with Crippen LogP contribution in [0.5, 0.6) is 11.6 Å². The number of nitrogens with one attached hydrogen (secondary N) is 1. The molecule has 0 saturated carbocycles. The molecule has 0 unspecified atom stereocenters. The minimum absolute atomic E-state index is 0.148. The van der Waals surface area contributed by atoms with E-state index in [1.54, 1.807) is 67.4 Å². The molecule has 0 radical (unpaired) electrons. The maximum absolute atomic E-state index is 13.5. The van der Waals surface area contributed by atoms with Crippen molar-refractivity contribution in [2.75, 3.05) is 39.2 Å². The van der Waals surface area contributed by atoms with Gasteiger partial charge in [-0.1, -0.05) is 32.6 Å². The van der Waals surface area contributed by atoms with Gasteiger partial charge in [-0.25, -0.2) is 9.78 Å². The van der Waals surface area contributed by atoms with Gasteiger partial charge in [0.2, 0.25) is 5.88 Å². The first kappa shape index (κ1) is 28.8. The Labute approximate surface area is 225 Å². The summed E-state index contributed by atoms with van der Waals surface area (Å²) in [5.74, 6) is 7.12. The number of hydrogen-bond donors (Lipinski definition) is 2. The van der Waals surface area contributed by atoms with Crippen LogP contribution in [0.3, 0.4) is 0 Å². The molecule has 0 bridgehead atoms. The number of aliphatic hydroxyl groups is 1. The molecule has 9 nitrogen and oxygen atoms in total. The highest BCUT2D eigenvalue weighted by atomic mass is 16.5. The number of methoxy groups -OCH3 is 1. The SMILES string of the molecule is COc1ccc(NC(=O)N(C)C[C@@H]2Oc3ncc(C#CCC(C)C)cc3C(=O)N([C@@H](C)CO)C[C@@H]2C)cc1. The van der Waals surface area contributed by atoms with Gasteiger partial charge in [-0.3, -0.25) is 4.79 Å². The zero-order valence-corrected chi connectivity index (χ0v) is 23.0. The Bertz CT molecular complexity index is 1170. The van der Waals surface area contributed by atoms with Gasteiger partial charge < -0.3 is 29.7 Å². The van der Waals surface area contributed by atoms with E-state index in [1.165, 1.54) is 0 Å². The first-order valence-electron chi connectivity index (χ1n) is 12.9. The first-order valence-corrected chi connectivity index (χ1v) is 12.9. The summed E-state index contributed by atoms with van der Waals surface area (Å²) in [7, 11) is 3.27. The molecule has 0 fully saturated rings. The largest absolute Gasteiger partial charge is 0.497 e. The highest BCUT2D eigenvalue weighted by molar-refractivity contribution is 5.97. The summed E-state index contributed by atoms with van der Waals surface area (Å²) < 4.78 is 11.4. The number of nitrogens with zero attached hydrogens (tertiary/aromatic N) is 3. The van der Waals surface area contributed by atoms with E-state index in [1.807, 2.05) is 6.92 Å². The molecule has 9 heteroatoms. The van der Waals surface area contributed by atoms with Crippen LogP contribution in [0.4, 0.5) is 10.5 Å². The number of ether oxygens (including phenoxy) is 2. The zero-order chi connectivity index (χ0) is 27.8. The van der Waals surface area contributed by atoms with Gasteiger partial charge in [-0.2, -0.15) is 0 Å². The molecular weight excluding hydrogens is 484 g/mol. The van der Waals surface area contributed by atoms with E-state index in [-0.39, 0.29) is 36.9 Å². The second-order valence-electron chi connectivity index (χ2n) is 10.1. The lowest BCUT2D eigenvalue weighted by Crippen LogP contribution is -2.50. The van der Waals surface area contributed by atoms with Crippen LogP contribution in [-0.4, -0.2) is 77.8 Å². The van der Waals surface area contributed by atoms with Gasteiger partial charge in [-0.05, 0) is 43.2 Å². The monoisotopic (exact) mass is 522 g/mol. The summed E-state index contributed by atoms with van der Waals surface area (Å²) in [6.07, 6.45) is 1.88. The summed E-state index contributed by atoms with van der Waals surface area (Å²) in [6, 6.07) is 8.07. The molecule has 3 atom stereocenters. The average molecular weight is 523 g/mol. The topological polar surface area (TPSA) is 104 Å². The summed E-state index contributed by atoms with van der Waals surface area (Å²) in [6.45, 7) is 8.38. The maximum Gasteiger partial charge on any atom is 0.321 e. The van der Waals surface area contributed by atoms with E-state index in [4.69, 9.17) is 9.47 Å². The third-order valence-electron chi connectivity index (χ3n) is 6.41. The molecule has 1 aliphatic heterocycles. The smallest absolute Gasteiger partial charge is 0.321 e. The number of carbonyl (C=O) groups excluding carboxylic acids is 2. The molecule has 0 saturated heterocycles.